The Morgan fingerprint density at radius 1 is 1.19 bits per heavy atom. The number of anilines is 1. The van der Waals surface area contributed by atoms with E-state index in [2.05, 4.69) is 15.0 Å². The Labute approximate surface area is 189 Å². The Balaban J connectivity index is 1.55. The number of aromatic nitrogens is 4. The minimum atomic E-state index is -0.436. The van der Waals surface area contributed by atoms with E-state index in [-0.39, 0.29) is 5.95 Å². The molecule has 0 radical (unpaired) electrons. The molecule has 2 aromatic carbocycles. The highest BCUT2D eigenvalue weighted by Crippen LogP contribution is 2.33. The Morgan fingerprint density at radius 3 is 2.78 bits per heavy atom. The zero-order valence-electron chi connectivity index (χ0n) is 17.3. The summed E-state index contributed by atoms with van der Waals surface area (Å²) in [5.41, 5.74) is 16.3. The number of H-pyrrole nitrogens is 1. The lowest BCUT2D eigenvalue weighted by molar-refractivity contribution is 0.167. The maximum Gasteiger partial charge on any atom is 0.220 e. The first-order chi connectivity index (χ1) is 15.6. The number of nitrogen functional groups attached to an aromatic ring is 1. The van der Waals surface area contributed by atoms with Crippen molar-refractivity contribution in [3.63, 3.8) is 0 Å². The molecule has 1 fully saturated rings. The number of halogens is 1. The molecule has 0 amide bonds. The third kappa shape index (κ3) is 4.25. The Bertz CT molecular complexity index is 1240. The van der Waals surface area contributed by atoms with Gasteiger partial charge in [-0.25, -0.2) is 15.0 Å². The maximum atomic E-state index is 6.49. The molecule has 0 aliphatic carbocycles. The van der Waals surface area contributed by atoms with E-state index in [0.717, 1.165) is 29.7 Å². The monoisotopic (exact) mass is 450 g/mol. The van der Waals surface area contributed by atoms with Crippen molar-refractivity contribution in [3.8, 4) is 17.0 Å². The van der Waals surface area contributed by atoms with Crippen LogP contribution in [-0.2, 0) is 4.74 Å². The molecule has 2 unspecified atom stereocenters. The number of rotatable bonds is 6. The number of hydrogen-bond donors (Lipinski definition) is 3. The summed E-state index contributed by atoms with van der Waals surface area (Å²) in [6, 6.07) is 12.7. The molecule has 1 saturated heterocycles. The van der Waals surface area contributed by atoms with Crippen molar-refractivity contribution in [2.45, 2.75) is 12.5 Å². The van der Waals surface area contributed by atoms with Crippen molar-refractivity contribution in [2.75, 3.05) is 25.6 Å². The molecule has 3 heterocycles. The number of imidazole rings is 1. The van der Waals surface area contributed by atoms with Gasteiger partial charge in [-0.2, -0.15) is 0 Å². The maximum absolute atomic E-state index is 6.49. The average molecular weight is 451 g/mol. The normalized spacial score (nSPS) is 17.0. The number of aromatic amines is 1. The molecule has 32 heavy (non-hydrogen) atoms. The summed E-state index contributed by atoms with van der Waals surface area (Å²) in [6.07, 6.45) is 2.62. The van der Waals surface area contributed by atoms with Crippen LogP contribution in [0.5, 0.6) is 5.75 Å². The molecule has 0 bridgehead atoms. The molecular formula is C23H23ClN6O2. The predicted molar refractivity (Wildman–Crippen MR) is 123 cm³/mol. The zero-order chi connectivity index (χ0) is 22.1. The predicted octanol–water partition coefficient (Wildman–Crippen LogP) is 3.72. The molecule has 164 valence electrons. The molecule has 5 N–H and O–H groups in total. The Hall–Kier alpha value is -3.20. The van der Waals surface area contributed by atoms with Crippen LogP contribution in [0.15, 0.2) is 48.7 Å². The fourth-order valence-electron chi connectivity index (χ4n) is 3.79. The minimum Gasteiger partial charge on any atom is -0.491 e. The first kappa shape index (κ1) is 20.7. The van der Waals surface area contributed by atoms with Gasteiger partial charge < -0.3 is 25.9 Å². The summed E-state index contributed by atoms with van der Waals surface area (Å²) >= 11 is 6.01. The van der Waals surface area contributed by atoms with Crippen molar-refractivity contribution in [3.05, 3.63) is 65.1 Å². The Morgan fingerprint density at radius 2 is 2.03 bits per heavy atom. The van der Waals surface area contributed by atoms with E-state index in [1.165, 1.54) is 0 Å². The summed E-state index contributed by atoms with van der Waals surface area (Å²) in [5.74, 6) is 1.87. The highest BCUT2D eigenvalue weighted by atomic mass is 35.5. The van der Waals surface area contributed by atoms with Crippen LogP contribution in [-0.4, -0.2) is 39.8 Å². The van der Waals surface area contributed by atoms with Gasteiger partial charge in [0, 0.05) is 29.3 Å². The first-order valence-corrected chi connectivity index (χ1v) is 10.8. The largest absolute Gasteiger partial charge is 0.491 e. The van der Waals surface area contributed by atoms with Gasteiger partial charge in [-0.3, -0.25) is 0 Å². The zero-order valence-corrected chi connectivity index (χ0v) is 18.0. The van der Waals surface area contributed by atoms with Gasteiger partial charge in [0.05, 0.1) is 30.5 Å². The average Bonchev–Trinajstić information content (AvgIpc) is 3.47. The molecule has 5 rings (SSSR count). The van der Waals surface area contributed by atoms with Gasteiger partial charge in [-0.05, 0) is 42.3 Å². The van der Waals surface area contributed by atoms with Crippen molar-refractivity contribution < 1.29 is 9.47 Å². The number of nitrogens with zero attached hydrogens (tertiary/aromatic N) is 3. The molecule has 1 aliphatic heterocycles. The lowest BCUT2D eigenvalue weighted by Gasteiger charge is -2.12. The fourth-order valence-corrected chi connectivity index (χ4v) is 3.92. The van der Waals surface area contributed by atoms with Gasteiger partial charge in [0.1, 0.15) is 17.1 Å². The van der Waals surface area contributed by atoms with Crippen LogP contribution in [0.2, 0.25) is 5.02 Å². The van der Waals surface area contributed by atoms with Gasteiger partial charge >= 0.3 is 0 Å². The number of nitrogens with one attached hydrogen (secondary N) is 1. The third-order valence-electron chi connectivity index (χ3n) is 5.56. The molecule has 2 atom stereocenters. The number of hydrogen-bond acceptors (Lipinski definition) is 7. The topological polar surface area (TPSA) is 125 Å². The van der Waals surface area contributed by atoms with E-state index in [4.69, 9.17) is 37.5 Å². The molecule has 0 saturated carbocycles. The van der Waals surface area contributed by atoms with E-state index in [9.17, 15) is 0 Å². The molecular weight excluding hydrogens is 428 g/mol. The summed E-state index contributed by atoms with van der Waals surface area (Å²) in [6.45, 7) is 2.03. The van der Waals surface area contributed by atoms with E-state index < -0.39 is 6.04 Å². The van der Waals surface area contributed by atoms with Gasteiger partial charge in [0.15, 0.2) is 0 Å². The fraction of sp³-hybridized carbons (Fsp3) is 0.261. The molecule has 0 spiro atoms. The van der Waals surface area contributed by atoms with Crippen molar-refractivity contribution in [2.24, 2.45) is 11.7 Å². The molecule has 9 heteroatoms. The lowest BCUT2D eigenvalue weighted by Crippen LogP contribution is -2.13. The number of ether oxygens (including phenoxy) is 2. The van der Waals surface area contributed by atoms with E-state index >= 15 is 0 Å². The summed E-state index contributed by atoms with van der Waals surface area (Å²) in [5, 5.41) is 0.658. The van der Waals surface area contributed by atoms with Crippen molar-refractivity contribution in [1.82, 2.24) is 19.9 Å². The SMILES string of the molecule is Nc1nccc(-c2cc(OCC3CCOC3)c3nc(C(N)c4ccc(Cl)cc4)[nH]c3c2)n1. The number of nitrogens with two attached hydrogens (primary N) is 2. The summed E-state index contributed by atoms with van der Waals surface area (Å²) in [7, 11) is 0. The second kappa shape index (κ2) is 8.74. The third-order valence-corrected chi connectivity index (χ3v) is 5.81. The van der Waals surface area contributed by atoms with E-state index in [1.54, 1.807) is 6.20 Å². The van der Waals surface area contributed by atoms with Gasteiger partial charge in [0.2, 0.25) is 5.95 Å². The highest BCUT2D eigenvalue weighted by Gasteiger charge is 2.20. The number of fused-ring (bicyclic) bond motifs is 1. The second-order valence-corrected chi connectivity index (χ2v) is 8.30. The van der Waals surface area contributed by atoms with E-state index in [1.807, 2.05) is 42.5 Å². The first-order valence-electron chi connectivity index (χ1n) is 10.4. The van der Waals surface area contributed by atoms with E-state index in [0.29, 0.717) is 46.9 Å². The number of benzene rings is 2. The van der Waals surface area contributed by atoms with Crippen LogP contribution in [0.25, 0.3) is 22.3 Å². The van der Waals surface area contributed by atoms with Crippen LogP contribution in [0, 0.1) is 5.92 Å². The quantitative estimate of drug-likeness (QED) is 0.408. The Kier molecular flexibility index (Phi) is 5.65. The standard InChI is InChI=1S/C23H23ClN6O2/c24-16-3-1-14(2-4-16)20(25)22-28-18-9-15(17-5-7-27-23(26)29-17)10-19(21(18)30-22)32-12-13-6-8-31-11-13/h1-5,7,9-10,13,20H,6,8,11-12,25H2,(H,28,30)(H2,26,27,29). The van der Waals surface area contributed by atoms with Crippen LogP contribution in [0.3, 0.4) is 0 Å². The minimum absolute atomic E-state index is 0.211. The van der Waals surface area contributed by atoms with Crippen LogP contribution >= 0.6 is 11.6 Å². The smallest absolute Gasteiger partial charge is 0.220 e. The van der Waals surface area contributed by atoms with Gasteiger partial charge in [-0.1, -0.05) is 23.7 Å². The van der Waals surface area contributed by atoms with Crippen LogP contribution in [0.1, 0.15) is 23.9 Å². The molecule has 2 aromatic heterocycles. The van der Waals surface area contributed by atoms with Gasteiger partial charge in [0.25, 0.3) is 0 Å². The van der Waals surface area contributed by atoms with Gasteiger partial charge in [-0.15, -0.1) is 0 Å². The summed E-state index contributed by atoms with van der Waals surface area (Å²) in [4.78, 5) is 16.5. The highest BCUT2D eigenvalue weighted by molar-refractivity contribution is 6.30. The lowest BCUT2D eigenvalue weighted by atomic mass is 10.1. The second-order valence-electron chi connectivity index (χ2n) is 7.86. The molecule has 1 aliphatic rings. The molecule has 4 aromatic rings. The summed E-state index contributed by atoms with van der Waals surface area (Å²) < 4.78 is 11.7. The van der Waals surface area contributed by atoms with Crippen molar-refractivity contribution in [1.29, 1.82) is 0 Å². The van der Waals surface area contributed by atoms with Crippen LogP contribution in [0.4, 0.5) is 5.95 Å². The molecule has 8 nitrogen and oxygen atoms in total. The van der Waals surface area contributed by atoms with Crippen LogP contribution < -0.4 is 16.2 Å². The van der Waals surface area contributed by atoms with Crippen molar-refractivity contribution >= 4 is 28.6 Å².